The second-order valence-electron chi connectivity index (χ2n) is 5.12. The topological polar surface area (TPSA) is 26.0 Å². The zero-order chi connectivity index (χ0) is 10.6. The summed E-state index contributed by atoms with van der Waals surface area (Å²) in [6.07, 6.45) is 2.23. The van der Waals surface area contributed by atoms with E-state index in [-0.39, 0.29) is 6.04 Å². The molecule has 0 aromatic heterocycles. The van der Waals surface area contributed by atoms with E-state index in [4.69, 9.17) is 5.73 Å². The molecule has 1 rings (SSSR count). The minimum Gasteiger partial charge on any atom is -0.324 e. The van der Waals surface area contributed by atoms with Gasteiger partial charge in [-0.25, -0.2) is 0 Å². The third kappa shape index (κ3) is 3.93. The van der Waals surface area contributed by atoms with Gasteiger partial charge in [0.05, 0.1) is 0 Å². The molecule has 1 atom stereocenters. The van der Waals surface area contributed by atoms with Crippen molar-refractivity contribution in [3.05, 3.63) is 35.9 Å². The van der Waals surface area contributed by atoms with Gasteiger partial charge in [0.15, 0.2) is 0 Å². The Kier molecular flexibility index (Phi) is 3.70. The molecule has 0 aliphatic heterocycles. The van der Waals surface area contributed by atoms with Gasteiger partial charge in [-0.3, -0.25) is 0 Å². The zero-order valence-corrected chi connectivity index (χ0v) is 9.46. The molecular formula is C13H21N. The molecule has 1 nitrogen and oxygen atoms in total. The molecule has 0 aliphatic rings. The van der Waals surface area contributed by atoms with Crippen molar-refractivity contribution in [2.75, 3.05) is 0 Å². The second-order valence-corrected chi connectivity index (χ2v) is 5.12. The van der Waals surface area contributed by atoms with E-state index in [1.165, 1.54) is 12.0 Å². The van der Waals surface area contributed by atoms with Crippen LogP contribution in [-0.4, -0.2) is 0 Å². The fraction of sp³-hybridized carbons (Fsp3) is 0.538. The van der Waals surface area contributed by atoms with Crippen molar-refractivity contribution in [2.24, 2.45) is 11.1 Å². The lowest BCUT2D eigenvalue weighted by atomic mass is 9.87. The van der Waals surface area contributed by atoms with Gasteiger partial charge in [-0.1, -0.05) is 51.1 Å². The second kappa shape index (κ2) is 4.61. The van der Waals surface area contributed by atoms with E-state index >= 15 is 0 Å². The highest BCUT2D eigenvalue weighted by atomic mass is 14.6. The molecule has 0 saturated carbocycles. The highest BCUT2D eigenvalue weighted by Gasteiger charge is 2.13. The number of hydrogen-bond donors (Lipinski definition) is 1. The maximum absolute atomic E-state index is 6.10. The van der Waals surface area contributed by atoms with Crippen molar-refractivity contribution < 1.29 is 0 Å². The molecule has 0 spiro atoms. The highest BCUT2D eigenvalue weighted by molar-refractivity contribution is 5.18. The van der Waals surface area contributed by atoms with E-state index in [9.17, 15) is 0 Å². The van der Waals surface area contributed by atoms with Crippen molar-refractivity contribution in [2.45, 2.75) is 39.7 Å². The summed E-state index contributed by atoms with van der Waals surface area (Å²) in [5.41, 5.74) is 7.73. The lowest BCUT2D eigenvalue weighted by Crippen LogP contribution is -2.14. The number of rotatable bonds is 3. The van der Waals surface area contributed by atoms with Crippen molar-refractivity contribution in [3.8, 4) is 0 Å². The molecule has 0 bridgehead atoms. The van der Waals surface area contributed by atoms with E-state index in [2.05, 4.69) is 32.9 Å². The quantitative estimate of drug-likeness (QED) is 0.777. The molecule has 1 unspecified atom stereocenters. The van der Waals surface area contributed by atoms with E-state index in [0.29, 0.717) is 5.41 Å². The molecule has 1 aromatic rings. The molecule has 0 amide bonds. The van der Waals surface area contributed by atoms with Gasteiger partial charge in [-0.05, 0) is 23.8 Å². The van der Waals surface area contributed by atoms with Crippen molar-refractivity contribution in [1.29, 1.82) is 0 Å². The van der Waals surface area contributed by atoms with Crippen LogP contribution in [0.5, 0.6) is 0 Å². The van der Waals surface area contributed by atoms with Crippen LogP contribution in [0.3, 0.4) is 0 Å². The number of benzene rings is 1. The molecule has 1 heteroatoms. The average molecular weight is 191 g/mol. The summed E-state index contributed by atoms with van der Waals surface area (Å²) in [5.74, 6) is 0. The summed E-state index contributed by atoms with van der Waals surface area (Å²) in [6.45, 7) is 6.76. The van der Waals surface area contributed by atoms with Crippen LogP contribution in [0.2, 0.25) is 0 Å². The molecule has 14 heavy (non-hydrogen) atoms. The Balaban J connectivity index is 2.48. The van der Waals surface area contributed by atoms with Gasteiger partial charge < -0.3 is 5.73 Å². The lowest BCUT2D eigenvalue weighted by Gasteiger charge is -2.20. The van der Waals surface area contributed by atoms with Gasteiger partial charge in [0.25, 0.3) is 0 Å². The average Bonchev–Trinajstić information content (AvgIpc) is 2.14. The first-order chi connectivity index (χ1) is 6.49. The summed E-state index contributed by atoms with van der Waals surface area (Å²) in [6, 6.07) is 10.5. The van der Waals surface area contributed by atoms with E-state index in [0.717, 1.165) is 6.42 Å². The molecule has 0 aliphatic carbocycles. The van der Waals surface area contributed by atoms with Crippen LogP contribution >= 0.6 is 0 Å². The molecule has 0 radical (unpaired) electrons. The highest BCUT2D eigenvalue weighted by Crippen LogP contribution is 2.25. The van der Waals surface area contributed by atoms with Crippen molar-refractivity contribution in [3.63, 3.8) is 0 Å². The molecule has 2 N–H and O–H groups in total. The zero-order valence-electron chi connectivity index (χ0n) is 9.46. The van der Waals surface area contributed by atoms with E-state index in [1.807, 2.05) is 18.2 Å². The Hall–Kier alpha value is -0.820. The van der Waals surface area contributed by atoms with Crippen LogP contribution in [-0.2, 0) is 0 Å². The predicted molar refractivity (Wildman–Crippen MR) is 62.1 cm³/mol. The molecule has 0 saturated heterocycles. The number of nitrogens with two attached hydrogens (primary N) is 1. The van der Waals surface area contributed by atoms with Gasteiger partial charge in [-0.2, -0.15) is 0 Å². The normalized spacial score (nSPS) is 14.0. The van der Waals surface area contributed by atoms with Gasteiger partial charge >= 0.3 is 0 Å². The minimum absolute atomic E-state index is 0.190. The van der Waals surface area contributed by atoms with Crippen LogP contribution in [0.25, 0.3) is 0 Å². The summed E-state index contributed by atoms with van der Waals surface area (Å²) < 4.78 is 0. The van der Waals surface area contributed by atoms with Gasteiger partial charge in [0.1, 0.15) is 0 Å². The standard InChI is InChI=1S/C13H21N/c1-13(2,3)10-9-12(14)11-7-5-4-6-8-11/h4-8,12H,9-10,14H2,1-3H3. The largest absolute Gasteiger partial charge is 0.324 e. The first-order valence-corrected chi connectivity index (χ1v) is 5.29. The maximum Gasteiger partial charge on any atom is 0.0295 e. The van der Waals surface area contributed by atoms with Crippen LogP contribution in [0, 0.1) is 5.41 Å². The Bertz CT molecular complexity index is 258. The molecular weight excluding hydrogens is 170 g/mol. The Morgan fingerprint density at radius 2 is 1.71 bits per heavy atom. The molecule has 1 aromatic carbocycles. The molecule has 78 valence electrons. The SMILES string of the molecule is CC(C)(C)CCC(N)c1ccccc1. The fourth-order valence-corrected chi connectivity index (χ4v) is 1.46. The molecule has 0 heterocycles. The van der Waals surface area contributed by atoms with Crippen LogP contribution < -0.4 is 5.73 Å². The van der Waals surface area contributed by atoms with Gasteiger partial charge in [0.2, 0.25) is 0 Å². The Morgan fingerprint density at radius 3 is 2.21 bits per heavy atom. The smallest absolute Gasteiger partial charge is 0.0295 e. The van der Waals surface area contributed by atoms with E-state index in [1.54, 1.807) is 0 Å². The first kappa shape index (κ1) is 11.3. The fourth-order valence-electron chi connectivity index (χ4n) is 1.46. The molecule has 0 fully saturated rings. The third-order valence-electron chi connectivity index (χ3n) is 2.43. The Morgan fingerprint density at radius 1 is 1.14 bits per heavy atom. The van der Waals surface area contributed by atoms with Gasteiger partial charge in [-0.15, -0.1) is 0 Å². The Labute approximate surface area is 87.3 Å². The maximum atomic E-state index is 6.10. The van der Waals surface area contributed by atoms with Crippen molar-refractivity contribution >= 4 is 0 Å². The predicted octanol–water partition coefficient (Wildman–Crippen LogP) is 3.51. The monoisotopic (exact) mass is 191 g/mol. The summed E-state index contributed by atoms with van der Waals surface area (Å²) in [4.78, 5) is 0. The van der Waals surface area contributed by atoms with Crippen LogP contribution in [0.4, 0.5) is 0 Å². The van der Waals surface area contributed by atoms with Gasteiger partial charge in [0, 0.05) is 6.04 Å². The van der Waals surface area contributed by atoms with Crippen molar-refractivity contribution in [1.82, 2.24) is 0 Å². The number of hydrogen-bond acceptors (Lipinski definition) is 1. The first-order valence-electron chi connectivity index (χ1n) is 5.29. The third-order valence-corrected chi connectivity index (χ3v) is 2.43. The summed E-state index contributed by atoms with van der Waals surface area (Å²) >= 11 is 0. The van der Waals surface area contributed by atoms with Crippen LogP contribution in [0.1, 0.15) is 45.2 Å². The van der Waals surface area contributed by atoms with E-state index < -0.39 is 0 Å². The lowest BCUT2D eigenvalue weighted by molar-refractivity contribution is 0.350. The summed E-state index contributed by atoms with van der Waals surface area (Å²) in [7, 11) is 0. The minimum atomic E-state index is 0.190. The van der Waals surface area contributed by atoms with Crippen LogP contribution in [0.15, 0.2) is 30.3 Å². The summed E-state index contributed by atoms with van der Waals surface area (Å²) in [5, 5.41) is 0.